The van der Waals surface area contributed by atoms with Crippen LogP contribution in [0, 0.1) is 20.8 Å². The van der Waals surface area contributed by atoms with Crippen LogP contribution in [0.2, 0.25) is 0 Å². The number of hydrogen-bond acceptors (Lipinski definition) is 6. The van der Waals surface area contributed by atoms with Crippen molar-refractivity contribution in [3.8, 4) is 0 Å². The van der Waals surface area contributed by atoms with Gasteiger partial charge in [-0.25, -0.2) is 0 Å². The highest BCUT2D eigenvalue weighted by Gasteiger charge is 2.37. The third kappa shape index (κ3) is 2.87. The maximum absolute atomic E-state index is 5.61. The van der Waals surface area contributed by atoms with E-state index in [1.54, 1.807) is 7.11 Å². The second-order valence-corrected chi connectivity index (χ2v) is 5.66. The van der Waals surface area contributed by atoms with E-state index in [-0.39, 0.29) is 12.1 Å². The number of nitrogens with zero attached hydrogens (tertiary/aromatic N) is 3. The van der Waals surface area contributed by atoms with E-state index in [4.69, 9.17) is 13.7 Å². The molecule has 0 bridgehead atoms. The normalized spacial score (nSPS) is 23.0. The van der Waals surface area contributed by atoms with Gasteiger partial charge in [0.25, 0.3) is 0 Å². The Morgan fingerprint density at radius 3 is 2.76 bits per heavy atom. The van der Waals surface area contributed by atoms with Crippen molar-refractivity contribution in [2.45, 2.75) is 45.9 Å². The van der Waals surface area contributed by atoms with Crippen LogP contribution >= 0.6 is 0 Å². The largest absolute Gasteiger partial charge is 0.466 e. The molecule has 3 rings (SSSR count). The van der Waals surface area contributed by atoms with Crippen molar-refractivity contribution in [1.29, 1.82) is 0 Å². The molecule has 2 aromatic heterocycles. The molecule has 0 unspecified atom stereocenters. The first kappa shape index (κ1) is 14.3. The standard InChI is InChI=1S/C15H21N3O3/c1-9-5-12(10(2)20-9)7-18-8-13(19-4)6-14(18)15-16-11(3)17-21-15/h5,13-14H,6-8H2,1-4H3/t13-,14+/m0/s1. The number of hydrogen-bond donors (Lipinski definition) is 0. The van der Waals surface area contributed by atoms with Crippen LogP contribution in [0.1, 0.15) is 41.3 Å². The van der Waals surface area contributed by atoms with Gasteiger partial charge in [0.1, 0.15) is 11.5 Å². The topological polar surface area (TPSA) is 64.5 Å². The van der Waals surface area contributed by atoms with Gasteiger partial charge < -0.3 is 13.7 Å². The summed E-state index contributed by atoms with van der Waals surface area (Å²) in [5, 5.41) is 3.90. The zero-order valence-electron chi connectivity index (χ0n) is 12.9. The van der Waals surface area contributed by atoms with Gasteiger partial charge in [0, 0.05) is 25.8 Å². The molecule has 6 heteroatoms. The van der Waals surface area contributed by atoms with Crippen LogP contribution in [-0.2, 0) is 11.3 Å². The summed E-state index contributed by atoms with van der Waals surface area (Å²) in [6, 6.07) is 2.19. The van der Waals surface area contributed by atoms with Crippen LogP contribution in [0.15, 0.2) is 15.0 Å². The first-order valence-electron chi connectivity index (χ1n) is 7.19. The van der Waals surface area contributed by atoms with Crippen LogP contribution < -0.4 is 0 Å². The van der Waals surface area contributed by atoms with Crippen molar-refractivity contribution in [3.63, 3.8) is 0 Å². The molecular formula is C15H21N3O3. The van der Waals surface area contributed by atoms with Crippen molar-refractivity contribution in [2.24, 2.45) is 0 Å². The number of rotatable bonds is 4. The van der Waals surface area contributed by atoms with E-state index in [9.17, 15) is 0 Å². The predicted octanol–water partition coefficient (Wildman–Crippen LogP) is 2.55. The molecule has 0 radical (unpaired) electrons. The van der Waals surface area contributed by atoms with Gasteiger partial charge in [0.2, 0.25) is 5.89 Å². The molecule has 3 heterocycles. The Morgan fingerprint density at radius 2 is 2.19 bits per heavy atom. The molecule has 1 fully saturated rings. The van der Waals surface area contributed by atoms with E-state index < -0.39 is 0 Å². The summed E-state index contributed by atoms with van der Waals surface area (Å²) >= 11 is 0. The number of methoxy groups -OCH3 is 1. The monoisotopic (exact) mass is 291 g/mol. The minimum Gasteiger partial charge on any atom is -0.466 e. The smallest absolute Gasteiger partial charge is 0.244 e. The molecule has 0 amide bonds. The van der Waals surface area contributed by atoms with Gasteiger partial charge in [-0.2, -0.15) is 4.98 Å². The highest BCUT2D eigenvalue weighted by atomic mass is 16.5. The lowest BCUT2D eigenvalue weighted by atomic mass is 10.2. The van der Waals surface area contributed by atoms with Gasteiger partial charge in [-0.1, -0.05) is 5.16 Å². The summed E-state index contributed by atoms with van der Waals surface area (Å²) in [6.45, 7) is 7.46. The van der Waals surface area contributed by atoms with Crippen LogP contribution in [0.3, 0.4) is 0 Å². The summed E-state index contributed by atoms with van der Waals surface area (Å²) in [5.41, 5.74) is 1.20. The number of aromatic nitrogens is 2. The van der Waals surface area contributed by atoms with Gasteiger partial charge in [-0.3, -0.25) is 4.90 Å². The van der Waals surface area contributed by atoms with Crippen LogP contribution in [0.5, 0.6) is 0 Å². The molecular weight excluding hydrogens is 270 g/mol. The van der Waals surface area contributed by atoms with Gasteiger partial charge >= 0.3 is 0 Å². The average Bonchev–Trinajstić information content (AvgIpc) is 3.10. The molecule has 0 saturated carbocycles. The molecule has 21 heavy (non-hydrogen) atoms. The lowest BCUT2D eigenvalue weighted by molar-refractivity contribution is 0.107. The second kappa shape index (κ2) is 5.61. The predicted molar refractivity (Wildman–Crippen MR) is 75.8 cm³/mol. The summed E-state index contributed by atoms with van der Waals surface area (Å²) in [4.78, 5) is 6.70. The molecule has 1 saturated heterocycles. The van der Waals surface area contributed by atoms with Crippen LogP contribution in [-0.4, -0.2) is 34.8 Å². The summed E-state index contributed by atoms with van der Waals surface area (Å²) in [5.74, 6) is 3.25. The lowest BCUT2D eigenvalue weighted by Crippen LogP contribution is -2.25. The van der Waals surface area contributed by atoms with Crippen molar-refractivity contribution < 1.29 is 13.7 Å². The van der Waals surface area contributed by atoms with Crippen molar-refractivity contribution in [1.82, 2.24) is 15.0 Å². The molecule has 2 aromatic rings. The molecule has 0 aliphatic carbocycles. The van der Waals surface area contributed by atoms with Crippen molar-refractivity contribution >= 4 is 0 Å². The average molecular weight is 291 g/mol. The summed E-state index contributed by atoms with van der Waals surface area (Å²) in [6.07, 6.45) is 1.06. The minimum absolute atomic E-state index is 0.103. The fraction of sp³-hybridized carbons (Fsp3) is 0.600. The fourth-order valence-electron chi connectivity index (χ4n) is 2.97. The summed E-state index contributed by atoms with van der Waals surface area (Å²) < 4.78 is 16.5. The van der Waals surface area contributed by atoms with Crippen molar-refractivity contribution in [3.05, 3.63) is 34.9 Å². The third-order valence-electron chi connectivity index (χ3n) is 4.04. The SMILES string of the molecule is CO[C@H]1C[C@H](c2nc(C)no2)N(Cc2cc(C)oc2C)C1. The van der Waals surface area contributed by atoms with Gasteiger partial charge in [-0.15, -0.1) is 0 Å². The van der Waals surface area contributed by atoms with Gasteiger partial charge in [0.05, 0.1) is 12.1 Å². The molecule has 1 aliphatic rings. The van der Waals surface area contributed by atoms with E-state index in [0.717, 1.165) is 31.0 Å². The molecule has 2 atom stereocenters. The number of ether oxygens (including phenoxy) is 1. The fourth-order valence-corrected chi connectivity index (χ4v) is 2.97. The highest BCUT2D eigenvalue weighted by molar-refractivity contribution is 5.20. The van der Waals surface area contributed by atoms with E-state index in [0.29, 0.717) is 11.7 Å². The Morgan fingerprint density at radius 1 is 1.38 bits per heavy atom. The van der Waals surface area contributed by atoms with E-state index >= 15 is 0 Å². The first-order valence-corrected chi connectivity index (χ1v) is 7.19. The van der Waals surface area contributed by atoms with Crippen LogP contribution in [0.4, 0.5) is 0 Å². The van der Waals surface area contributed by atoms with E-state index in [1.165, 1.54) is 5.56 Å². The Balaban J connectivity index is 1.82. The summed E-state index contributed by atoms with van der Waals surface area (Å²) in [7, 11) is 1.75. The highest BCUT2D eigenvalue weighted by Crippen LogP contribution is 2.34. The third-order valence-corrected chi connectivity index (χ3v) is 4.04. The number of aryl methyl sites for hydroxylation is 3. The Hall–Kier alpha value is -1.66. The van der Waals surface area contributed by atoms with Gasteiger partial charge in [0.15, 0.2) is 5.82 Å². The Bertz CT molecular complexity index is 619. The van der Waals surface area contributed by atoms with E-state index in [2.05, 4.69) is 21.1 Å². The molecule has 1 aliphatic heterocycles. The van der Waals surface area contributed by atoms with Crippen LogP contribution in [0.25, 0.3) is 0 Å². The zero-order chi connectivity index (χ0) is 15.0. The second-order valence-electron chi connectivity index (χ2n) is 5.66. The first-order chi connectivity index (χ1) is 10.1. The number of likely N-dealkylation sites (tertiary alicyclic amines) is 1. The molecule has 114 valence electrons. The van der Waals surface area contributed by atoms with Gasteiger partial charge in [-0.05, 0) is 33.3 Å². The number of furan rings is 1. The Kier molecular flexibility index (Phi) is 3.82. The maximum Gasteiger partial charge on any atom is 0.244 e. The van der Waals surface area contributed by atoms with Crippen molar-refractivity contribution in [2.75, 3.05) is 13.7 Å². The quantitative estimate of drug-likeness (QED) is 0.862. The Labute approximate surface area is 124 Å². The maximum atomic E-state index is 5.61. The molecule has 0 spiro atoms. The molecule has 0 aromatic carbocycles. The minimum atomic E-state index is 0.103. The van der Waals surface area contributed by atoms with E-state index in [1.807, 2.05) is 20.8 Å². The zero-order valence-corrected chi connectivity index (χ0v) is 12.9. The lowest BCUT2D eigenvalue weighted by Gasteiger charge is -2.20. The molecule has 0 N–H and O–H groups in total. The molecule has 6 nitrogen and oxygen atoms in total.